The zero-order valence-corrected chi connectivity index (χ0v) is 79.7. The summed E-state index contributed by atoms with van der Waals surface area (Å²) >= 11 is 0. The summed E-state index contributed by atoms with van der Waals surface area (Å²) in [5.41, 5.74) is 26.4. The number of carbonyl (C=O) groups excluding carboxylic acids is 4. The van der Waals surface area contributed by atoms with E-state index in [1.807, 2.05) is 24.3 Å². The van der Waals surface area contributed by atoms with Gasteiger partial charge in [-0.2, -0.15) is 0 Å². The van der Waals surface area contributed by atoms with Gasteiger partial charge < -0.3 is 20.4 Å². The Hall–Kier alpha value is -9.16. The third kappa shape index (κ3) is 43.1. The van der Waals surface area contributed by atoms with Crippen LogP contribution in [0.25, 0.3) is 88.6 Å². The van der Waals surface area contributed by atoms with E-state index in [2.05, 4.69) is 271 Å². The maximum absolute atomic E-state index is 10.0. The second-order valence-corrected chi connectivity index (χ2v) is 29.0. The summed E-state index contributed by atoms with van der Waals surface area (Å²) in [4.78, 5) is 59.3. The number of para-hydroxylation sites is 1. The standard InChI is InChI=1S/2C21H22N.C20H20N.C17H14N.4C5H8O2.4CH4.4Ir/c1-14(2)9-17-5-6-18-7-8-20(22-21(18)13-17)19-11-15(3)10-16(4)12-19;1-14(2)10-17-6-5-7-21-19(17)8-9-20(22-21)18-12-15(3)11-16(4)13-18;1-4-5-16-6-7-17-8-9-19(21-20(17)13-16)18-11-14(2)10-15(3)12-18;1-12-7-8-15(11-13(12)2)17-10-9-14-5-3-4-6-16(14)18-17;4*1-4(6)3-5(2)7;;;;;;;;/h5-8,10-11,13-14H,9H2,1-4H3;5-9,11-12,14H,10H2,1-4H3;6-11,13H,4-5H2,1-3H3;3-7,9-11H,1-2H3;4*3,6H,1-2H3;4*1H4;;;;/q4*-1;;;;;;;;;;;;. The van der Waals surface area contributed by atoms with Crippen LogP contribution >= 0.6 is 0 Å². The number of ketones is 4. The molecular weight excluding hydrogens is 2190 g/mol. The summed E-state index contributed by atoms with van der Waals surface area (Å²) in [5, 5.41) is 38.3. The van der Waals surface area contributed by atoms with Crippen molar-refractivity contribution in [2.45, 2.75) is 201 Å². The Balaban J connectivity index is -0.000000657. The molecule has 0 spiro atoms. The molecule has 16 heteroatoms. The van der Waals surface area contributed by atoms with Crippen molar-refractivity contribution in [1.29, 1.82) is 0 Å². The number of hydrogen-bond donors (Lipinski definition) is 4. The predicted molar refractivity (Wildman–Crippen MR) is 488 cm³/mol. The van der Waals surface area contributed by atoms with Gasteiger partial charge in [0.1, 0.15) is 0 Å². The molecule has 0 fully saturated rings. The molecule has 0 bridgehead atoms. The van der Waals surface area contributed by atoms with E-state index in [0.29, 0.717) is 11.8 Å². The summed E-state index contributed by atoms with van der Waals surface area (Å²) in [6, 6.07) is 75.4. The van der Waals surface area contributed by atoms with E-state index in [-0.39, 0.29) is 156 Å². The van der Waals surface area contributed by atoms with Crippen molar-refractivity contribution in [2.24, 2.45) is 11.8 Å². The van der Waals surface area contributed by atoms with E-state index in [0.717, 1.165) is 109 Å². The van der Waals surface area contributed by atoms with Gasteiger partial charge in [0, 0.05) is 110 Å². The molecule has 0 aliphatic heterocycles. The molecule has 12 nitrogen and oxygen atoms in total. The maximum Gasteiger partial charge on any atom is 0.155 e. The number of aliphatic hydroxyl groups excluding tert-OH is 4. The van der Waals surface area contributed by atoms with Crippen LogP contribution in [0.5, 0.6) is 0 Å². The number of nitrogens with zero attached hydrogens (tertiary/aromatic N) is 4. The molecule has 4 N–H and O–H groups in total. The number of aryl methyl sites for hydroxylation is 9. The van der Waals surface area contributed by atoms with Crippen LogP contribution in [0.2, 0.25) is 0 Å². The van der Waals surface area contributed by atoms with E-state index >= 15 is 0 Å². The number of rotatable bonds is 14. The van der Waals surface area contributed by atoms with E-state index in [1.54, 1.807) is 0 Å². The van der Waals surface area contributed by atoms with Gasteiger partial charge in [0.25, 0.3) is 0 Å². The first-order valence-electron chi connectivity index (χ1n) is 37.5. The zero-order valence-electron chi connectivity index (χ0n) is 70.1. The van der Waals surface area contributed by atoms with Gasteiger partial charge in [-0.15, -0.1) is 140 Å². The minimum atomic E-state index is -0.125. The van der Waals surface area contributed by atoms with E-state index in [4.69, 9.17) is 35.4 Å². The molecule has 12 rings (SSSR count). The van der Waals surface area contributed by atoms with Crippen LogP contribution in [0, 0.1) is 91.5 Å². The average molecular weight is 2320 g/mol. The number of aliphatic hydroxyl groups is 4. The van der Waals surface area contributed by atoms with Gasteiger partial charge >= 0.3 is 0 Å². The number of pyridine rings is 4. The van der Waals surface area contributed by atoms with Crippen LogP contribution in [-0.4, -0.2) is 63.5 Å². The second kappa shape index (κ2) is 58.7. The minimum absolute atomic E-state index is 0. The molecular formula is C103H126Ir4N4O8-4. The number of carbonyl (C=O) groups is 4. The molecule has 0 aliphatic rings. The van der Waals surface area contributed by atoms with E-state index in [1.165, 1.54) is 146 Å². The summed E-state index contributed by atoms with van der Waals surface area (Å²) in [6.07, 6.45) is 9.12. The molecule has 646 valence electrons. The summed E-state index contributed by atoms with van der Waals surface area (Å²) in [6.45, 7) is 39.4. The molecule has 12 aromatic rings. The Bertz CT molecular complexity index is 5090. The molecule has 0 atom stereocenters. The number of benzene rings is 8. The van der Waals surface area contributed by atoms with Gasteiger partial charge in [0.2, 0.25) is 0 Å². The normalized spacial score (nSPS) is 10.4. The maximum atomic E-state index is 10.0. The third-order valence-corrected chi connectivity index (χ3v) is 16.4. The van der Waals surface area contributed by atoms with Crippen LogP contribution in [0.4, 0.5) is 0 Å². The average Bonchev–Trinajstić information content (AvgIpc) is 0.815. The van der Waals surface area contributed by atoms with Crippen molar-refractivity contribution < 1.29 is 120 Å². The number of aromatic nitrogens is 4. The summed E-state index contributed by atoms with van der Waals surface area (Å²) < 4.78 is 0. The SMILES string of the molecule is C.C.C.C.CC(=O)C=C(C)O.CC(=O)C=C(C)O.CC(=O)C=C(C)O.CC(=O)C=C(C)O.CCCc1ccc2ccc(-c3[c-]c(C)cc(C)c3)nc2c1.Cc1[c-]c(-c2ccc3c(CC(C)C)cccc3n2)cc(C)c1.Cc1[c-]c(-c2ccc3ccc(CC(C)C)cc3n2)cc(C)c1.Cc1c[c-]c(-c2ccc3ccccc3n2)cc1C.[Ir].[Ir].[Ir].[Ir]. The monoisotopic (exact) mass is 2320 g/mol. The smallest absolute Gasteiger partial charge is 0.155 e. The van der Waals surface area contributed by atoms with Crippen LogP contribution in [0.1, 0.15) is 187 Å². The third-order valence-electron chi connectivity index (χ3n) is 16.4. The quantitative estimate of drug-likeness (QED) is 0.0457. The van der Waals surface area contributed by atoms with Crippen molar-refractivity contribution in [3.05, 3.63) is 309 Å². The minimum Gasteiger partial charge on any atom is -0.512 e. The van der Waals surface area contributed by atoms with Gasteiger partial charge in [-0.3, -0.25) is 39.1 Å². The Labute approximate surface area is 766 Å². The Kier molecular flexibility index (Phi) is 57.3. The van der Waals surface area contributed by atoms with Crippen LogP contribution < -0.4 is 0 Å². The molecule has 4 heterocycles. The molecule has 0 aliphatic carbocycles. The fraction of sp³-hybridized carbons (Fsp3) is 0.301. The fourth-order valence-corrected chi connectivity index (χ4v) is 12.0. The Morgan fingerprint density at radius 1 is 0.361 bits per heavy atom. The number of allylic oxidation sites excluding steroid dienone is 8. The second-order valence-electron chi connectivity index (χ2n) is 29.0. The molecule has 4 aromatic heterocycles. The van der Waals surface area contributed by atoms with Crippen LogP contribution in [0.15, 0.2) is 223 Å². The molecule has 0 unspecified atom stereocenters. The number of fused-ring (bicyclic) bond motifs is 4. The Morgan fingerprint density at radius 2 is 0.697 bits per heavy atom. The zero-order chi connectivity index (χ0) is 82.2. The first-order valence-corrected chi connectivity index (χ1v) is 37.5. The van der Waals surface area contributed by atoms with Gasteiger partial charge in [-0.05, 0) is 166 Å². The van der Waals surface area contributed by atoms with Crippen LogP contribution in [-0.2, 0) is 119 Å². The van der Waals surface area contributed by atoms with E-state index < -0.39 is 0 Å². The van der Waals surface area contributed by atoms with E-state index in [9.17, 15) is 19.2 Å². The number of hydrogen-bond acceptors (Lipinski definition) is 12. The van der Waals surface area contributed by atoms with Crippen LogP contribution in [0.3, 0.4) is 0 Å². The first-order chi connectivity index (χ1) is 52.4. The predicted octanol–water partition coefficient (Wildman–Crippen LogP) is 27.3. The molecule has 0 saturated heterocycles. The van der Waals surface area contributed by atoms with Gasteiger partial charge in [-0.25, -0.2) is 0 Å². The molecule has 0 saturated carbocycles. The fourth-order valence-electron chi connectivity index (χ4n) is 12.0. The Morgan fingerprint density at radius 3 is 1.06 bits per heavy atom. The summed E-state index contributed by atoms with van der Waals surface area (Å²) in [5.74, 6) is 1.06. The molecule has 119 heavy (non-hydrogen) atoms. The first kappa shape index (κ1) is 116. The van der Waals surface area contributed by atoms with Gasteiger partial charge in [-0.1, -0.05) is 229 Å². The van der Waals surface area contributed by atoms with Gasteiger partial charge in [0.15, 0.2) is 23.1 Å². The molecule has 4 radical (unpaired) electrons. The summed E-state index contributed by atoms with van der Waals surface area (Å²) in [7, 11) is 0. The van der Waals surface area contributed by atoms with Crippen molar-refractivity contribution >= 4 is 66.7 Å². The topological polar surface area (TPSA) is 201 Å². The van der Waals surface area contributed by atoms with Gasteiger partial charge in [0.05, 0.1) is 45.1 Å². The van der Waals surface area contributed by atoms with Crippen molar-refractivity contribution in [2.75, 3.05) is 0 Å². The largest absolute Gasteiger partial charge is 0.512 e. The molecule has 8 aromatic carbocycles. The van der Waals surface area contributed by atoms with Crippen molar-refractivity contribution in [1.82, 2.24) is 19.9 Å². The van der Waals surface area contributed by atoms with Crippen molar-refractivity contribution in [3.8, 4) is 45.0 Å². The van der Waals surface area contributed by atoms with Crippen molar-refractivity contribution in [3.63, 3.8) is 0 Å². The molecule has 0 amide bonds.